The molecule has 1 aromatic heterocycles. The molecule has 2 heterocycles. The molecule has 1 fully saturated rings. The Labute approximate surface area is 149 Å². The van der Waals surface area contributed by atoms with Crippen LogP contribution in [-0.2, 0) is 11.8 Å². The number of benzene rings is 1. The normalized spacial score (nSPS) is 17.1. The molecular formula is C16H16Cl2N4O2. The number of nitrogens with one attached hydrogen (secondary N) is 1. The van der Waals surface area contributed by atoms with Crippen molar-refractivity contribution in [2.24, 2.45) is 7.05 Å². The smallest absolute Gasteiger partial charge is 0.254 e. The summed E-state index contributed by atoms with van der Waals surface area (Å²) in [6.45, 7) is 0.527. The second kappa shape index (κ2) is 6.83. The van der Waals surface area contributed by atoms with Crippen LogP contribution in [0.5, 0.6) is 0 Å². The monoisotopic (exact) mass is 366 g/mol. The number of hydrogen-bond acceptors (Lipinski definition) is 3. The maximum Gasteiger partial charge on any atom is 0.254 e. The van der Waals surface area contributed by atoms with E-state index < -0.39 is 6.04 Å². The van der Waals surface area contributed by atoms with E-state index in [1.54, 1.807) is 41.0 Å². The minimum absolute atomic E-state index is 0.229. The lowest BCUT2D eigenvalue weighted by Gasteiger charge is -2.23. The number of halogens is 2. The van der Waals surface area contributed by atoms with Crippen molar-refractivity contribution in [1.29, 1.82) is 0 Å². The number of aromatic nitrogens is 2. The molecule has 24 heavy (non-hydrogen) atoms. The van der Waals surface area contributed by atoms with Crippen molar-refractivity contribution < 1.29 is 9.59 Å². The van der Waals surface area contributed by atoms with Gasteiger partial charge in [0.25, 0.3) is 5.91 Å². The van der Waals surface area contributed by atoms with Crippen molar-refractivity contribution in [3.63, 3.8) is 0 Å². The lowest BCUT2D eigenvalue weighted by molar-refractivity contribution is -0.119. The Bertz CT molecular complexity index is 790. The molecule has 2 amide bonds. The van der Waals surface area contributed by atoms with Gasteiger partial charge in [0, 0.05) is 31.4 Å². The predicted molar refractivity (Wildman–Crippen MR) is 92.4 cm³/mol. The lowest BCUT2D eigenvalue weighted by Crippen LogP contribution is -2.43. The summed E-state index contributed by atoms with van der Waals surface area (Å²) in [4.78, 5) is 26.8. The Morgan fingerprint density at radius 2 is 2.04 bits per heavy atom. The van der Waals surface area contributed by atoms with Gasteiger partial charge in [-0.25, -0.2) is 0 Å². The molecule has 3 rings (SSSR count). The summed E-state index contributed by atoms with van der Waals surface area (Å²) in [5.74, 6) is 0.00295. The first-order valence-corrected chi connectivity index (χ1v) is 8.28. The van der Waals surface area contributed by atoms with E-state index in [1.807, 2.05) is 0 Å². The van der Waals surface area contributed by atoms with E-state index in [4.69, 9.17) is 23.2 Å². The molecule has 6 nitrogen and oxygen atoms in total. The summed E-state index contributed by atoms with van der Waals surface area (Å²) in [5.41, 5.74) is 0.418. The van der Waals surface area contributed by atoms with Gasteiger partial charge in [0.15, 0.2) is 5.82 Å². The van der Waals surface area contributed by atoms with E-state index in [-0.39, 0.29) is 11.8 Å². The van der Waals surface area contributed by atoms with E-state index >= 15 is 0 Å². The Balaban J connectivity index is 1.75. The van der Waals surface area contributed by atoms with Gasteiger partial charge in [0.1, 0.15) is 6.04 Å². The van der Waals surface area contributed by atoms with Crippen molar-refractivity contribution in [2.75, 3.05) is 11.9 Å². The Morgan fingerprint density at radius 1 is 1.25 bits per heavy atom. The highest BCUT2D eigenvalue weighted by Crippen LogP contribution is 2.26. The fourth-order valence-electron chi connectivity index (χ4n) is 2.77. The Hall–Kier alpha value is -2.05. The second-order valence-corrected chi connectivity index (χ2v) is 6.46. The minimum Gasteiger partial charge on any atom is -0.327 e. The third-order valence-corrected chi connectivity index (χ3v) is 4.69. The molecular weight excluding hydrogens is 351 g/mol. The van der Waals surface area contributed by atoms with Crippen LogP contribution in [0, 0.1) is 0 Å². The fourth-order valence-corrected chi connectivity index (χ4v) is 3.07. The van der Waals surface area contributed by atoms with Gasteiger partial charge in [0.05, 0.1) is 10.0 Å². The molecule has 0 bridgehead atoms. The minimum atomic E-state index is -0.519. The highest BCUT2D eigenvalue weighted by molar-refractivity contribution is 6.42. The first-order valence-electron chi connectivity index (χ1n) is 7.52. The van der Waals surface area contributed by atoms with E-state index in [2.05, 4.69) is 10.4 Å². The highest BCUT2D eigenvalue weighted by Gasteiger charge is 2.34. The zero-order chi connectivity index (χ0) is 17.3. The number of hydrogen-bond donors (Lipinski definition) is 1. The molecule has 0 aliphatic carbocycles. The topological polar surface area (TPSA) is 67.2 Å². The number of likely N-dealkylation sites (tertiary alicyclic amines) is 1. The first kappa shape index (κ1) is 16.8. The Kier molecular flexibility index (Phi) is 4.78. The number of rotatable bonds is 3. The first-order chi connectivity index (χ1) is 11.5. The molecule has 126 valence electrons. The molecule has 1 saturated heterocycles. The summed E-state index contributed by atoms with van der Waals surface area (Å²) in [6, 6.07) is 5.91. The SMILES string of the molecule is Cn1ccc(NC(=O)C2CCCN2C(=O)c2ccc(Cl)c(Cl)c2)n1. The molecule has 1 aliphatic heterocycles. The van der Waals surface area contributed by atoms with Crippen molar-refractivity contribution >= 4 is 40.8 Å². The van der Waals surface area contributed by atoms with Gasteiger partial charge in [-0.2, -0.15) is 5.10 Å². The van der Waals surface area contributed by atoms with Crippen molar-refractivity contribution in [1.82, 2.24) is 14.7 Å². The van der Waals surface area contributed by atoms with Gasteiger partial charge < -0.3 is 10.2 Å². The molecule has 1 aliphatic rings. The number of aryl methyl sites for hydroxylation is 1. The maximum atomic E-state index is 12.7. The molecule has 1 N–H and O–H groups in total. The molecule has 8 heteroatoms. The summed E-state index contributed by atoms with van der Waals surface area (Å²) < 4.78 is 1.60. The van der Waals surface area contributed by atoms with E-state index in [0.29, 0.717) is 34.4 Å². The fraction of sp³-hybridized carbons (Fsp3) is 0.312. The van der Waals surface area contributed by atoms with Crippen LogP contribution < -0.4 is 5.32 Å². The molecule has 1 unspecified atom stereocenters. The van der Waals surface area contributed by atoms with E-state index in [0.717, 1.165) is 6.42 Å². The van der Waals surface area contributed by atoms with Crippen molar-refractivity contribution in [2.45, 2.75) is 18.9 Å². The standard InChI is InChI=1S/C16H16Cl2N4O2/c1-21-8-6-14(20-21)19-15(23)13-3-2-7-22(13)16(24)10-4-5-11(17)12(18)9-10/h4-6,8-9,13H,2-3,7H2,1H3,(H,19,20,23). The second-order valence-electron chi connectivity index (χ2n) is 5.65. The van der Waals surface area contributed by atoms with Crippen molar-refractivity contribution in [3.05, 3.63) is 46.1 Å². The van der Waals surface area contributed by atoms with Crippen LogP contribution in [-0.4, -0.2) is 39.1 Å². The van der Waals surface area contributed by atoms with Crippen LogP contribution in [0.2, 0.25) is 10.0 Å². The van der Waals surface area contributed by atoms with Crippen LogP contribution in [0.15, 0.2) is 30.5 Å². The summed E-state index contributed by atoms with van der Waals surface area (Å²) in [7, 11) is 1.77. The van der Waals surface area contributed by atoms with Crippen molar-refractivity contribution in [3.8, 4) is 0 Å². The zero-order valence-electron chi connectivity index (χ0n) is 13.0. The predicted octanol–water partition coefficient (Wildman–Crippen LogP) is 2.97. The average molecular weight is 367 g/mol. The lowest BCUT2D eigenvalue weighted by atomic mass is 10.1. The number of amides is 2. The third-order valence-electron chi connectivity index (χ3n) is 3.95. The summed E-state index contributed by atoms with van der Waals surface area (Å²) in [5, 5.41) is 7.57. The molecule has 1 aromatic carbocycles. The van der Waals surface area contributed by atoms with E-state index in [1.165, 1.54) is 6.07 Å². The van der Waals surface area contributed by atoms with Crippen LogP contribution in [0.1, 0.15) is 23.2 Å². The Morgan fingerprint density at radius 3 is 2.71 bits per heavy atom. The van der Waals surface area contributed by atoms with Crippen LogP contribution in [0.4, 0.5) is 5.82 Å². The van der Waals surface area contributed by atoms with E-state index in [9.17, 15) is 9.59 Å². The van der Waals surface area contributed by atoms with Crippen LogP contribution in [0.3, 0.4) is 0 Å². The van der Waals surface area contributed by atoms with Crippen LogP contribution in [0.25, 0.3) is 0 Å². The average Bonchev–Trinajstić information content (AvgIpc) is 3.18. The molecule has 0 saturated carbocycles. The maximum absolute atomic E-state index is 12.7. The highest BCUT2D eigenvalue weighted by atomic mass is 35.5. The van der Waals surface area contributed by atoms with Gasteiger partial charge in [-0.3, -0.25) is 14.3 Å². The van der Waals surface area contributed by atoms with Gasteiger partial charge in [0.2, 0.25) is 5.91 Å². The molecule has 0 spiro atoms. The summed E-state index contributed by atoms with van der Waals surface area (Å²) in [6.07, 6.45) is 3.13. The molecule has 0 radical (unpaired) electrons. The number of nitrogens with zero attached hydrogens (tertiary/aromatic N) is 3. The molecule has 2 aromatic rings. The largest absolute Gasteiger partial charge is 0.327 e. The van der Waals surface area contributed by atoms with Gasteiger partial charge >= 0.3 is 0 Å². The van der Waals surface area contributed by atoms with Gasteiger partial charge in [-0.15, -0.1) is 0 Å². The number of carbonyl (C=O) groups excluding carboxylic acids is 2. The third kappa shape index (κ3) is 3.39. The molecule has 1 atom stereocenters. The quantitative estimate of drug-likeness (QED) is 0.907. The van der Waals surface area contributed by atoms with Crippen LogP contribution >= 0.6 is 23.2 Å². The number of anilines is 1. The van der Waals surface area contributed by atoms with Gasteiger partial charge in [-0.1, -0.05) is 23.2 Å². The van der Waals surface area contributed by atoms with Gasteiger partial charge in [-0.05, 0) is 31.0 Å². The zero-order valence-corrected chi connectivity index (χ0v) is 14.5. The number of carbonyl (C=O) groups is 2. The summed E-state index contributed by atoms with van der Waals surface area (Å²) >= 11 is 11.9.